The van der Waals surface area contributed by atoms with Gasteiger partial charge in [0.15, 0.2) is 0 Å². The first-order chi connectivity index (χ1) is 22.2. The van der Waals surface area contributed by atoms with Gasteiger partial charge in [0.2, 0.25) is 5.88 Å². The van der Waals surface area contributed by atoms with Gasteiger partial charge in [-0.3, -0.25) is 4.79 Å². The van der Waals surface area contributed by atoms with Crippen LogP contribution >= 0.6 is 23.2 Å². The van der Waals surface area contributed by atoms with Gasteiger partial charge < -0.3 is 19.9 Å². The number of hydrogen-bond acceptors (Lipinski definition) is 8. The Kier molecular flexibility index (Phi) is 9.56. The molecule has 1 atom stereocenters. The zero-order valence-electron chi connectivity index (χ0n) is 25.9. The molecule has 9 nitrogen and oxygen atoms in total. The highest BCUT2D eigenvalue weighted by Crippen LogP contribution is 2.43. The van der Waals surface area contributed by atoms with E-state index in [4.69, 9.17) is 42.8 Å². The van der Waals surface area contributed by atoms with E-state index in [-0.39, 0.29) is 11.7 Å². The number of ether oxygens (including phenoxy) is 2. The van der Waals surface area contributed by atoms with Gasteiger partial charge in [0.25, 0.3) is 5.56 Å². The number of aliphatic hydroxyl groups is 1. The molecule has 4 heterocycles. The SMILES string of the molecule is COc1nc(-c2cccc(-c3cccc(Nc4nc(C)cc5cnn(C)c(=O)c45)c3Cl)c2Cl)cc2c1CCC2.OC1CCCOC1. The number of aliphatic hydroxyl groups excluding tert-OH is 1. The number of benzene rings is 2. The van der Waals surface area contributed by atoms with Gasteiger partial charge >= 0.3 is 0 Å². The smallest absolute Gasteiger partial charge is 0.278 e. The number of pyridine rings is 2. The molecule has 1 fully saturated rings. The van der Waals surface area contributed by atoms with Crippen molar-refractivity contribution in [2.45, 2.75) is 45.1 Å². The second kappa shape index (κ2) is 13.8. The maximum atomic E-state index is 12.9. The van der Waals surface area contributed by atoms with Crippen molar-refractivity contribution in [2.24, 2.45) is 7.05 Å². The summed E-state index contributed by atoms with van der Waals surface area (Å²) in [7, 11) is 3.26. The van der Waals surface area contributed by atoms with Crippen molar-refractivity contribution in [3.8, 4) is 28.3 Å². The number of aryl methyl sites for hydroxylation is 3. The molecule has 7 rings (SSSR count). The number of anilines is 2. The number of rotatable bonds is 5. The molecular weight excluding hydrogens is 625 g/mol. The van der Waals surface area contributed by atoms with E-state index in [0.717, 1.165) is 66.8 Å². The standard InChI is InChI=1S/C30H25Cl2N5O2.C5H10O2/c1-16-13-18-15-33-37(2)30(38)25(18)28(34-16)35-23-12-6-10-21(27(23)32)20-9-5-11-22(26(20)31)24-14-17-7-4-8-19(17)29(36-24)39-3;6-5-2-1-3-7-4-5/h5-6,9-15H,4,7-8H2,1-3H3,(H,34,35);5-6H,1-4H2. The summed E-state index contributed by atoms with van der Waals surface area (Å²) in [6.07, 6.45) is 6.46. The van der Waals surface area contributed by atoms with Gasteiger partial charge in [0.1, 0.15) is 5.82 Å². The Morgan fingerprint density at radius 1 is 1.02 bits per heavy atom. The minimum Gasteiger partial charge on any atom is -0.481 e. The normalized spacial score (nSPS) is 15.7. The summed E-state index contributed by atoms with van der Waals surface area (Å²) in [5.41, 5.74) is 6.62. The minimum atomic E-state index is -0.247. The van der Waals surface area contributed by atoms with Gasteiger partial charge in [-0.1, -0.05) is 53.5 Å². The molecule has 0 amide bonds. The fraction of sp³-hybridized carbons (Fsp3) is 0.314. The maximum absolute atomic E-state index is 12.9. The first-order valence-electron chi connectivity index (χ1n) is 15.3. The third kappa shape index (κ3) is 6.46. The Balaban J connectivity index is 0.000000471. The largest absolute Gasteiger partial charge is 0.481 e. The lowest BCUT2D eigenvalue weighted by Crippen LogP contribution is -2.21. The molecule has 2 N–H and O–H groups in total. The molecule has 1 aliphatic carbocycles. The van der Waals surface area contributed by atoms with Gasteiger partial charge in [-0.15, -0.1) is 0 Å². The fourth-order valence-electron chi connectivity index (χ4n) is 5.96. The predicted molar refractivity (Wildman–Crippen MR) is 183 cm³/mol. The summed E-state index contributed by atoms with van der Waals surface area (Å²) in [5, 5.41) is 18.4. The summed E-state index contributed by atoms with van der Waals surface area (Å²) in [6, 6.07) is 15.4. The number of nitrogens with zero attached hydrogens (tertiary/aromatic N) is 4. The molecule has 1 saturated heterocycles. The highest BCUT2D eigenvalue weighted by molar-refractivity contribution is 6.39. The summed E-state index contributed by atoms with van der Waals surface area (Å²) in [5.74, 6) is 1.08. The van der Waals surface area contributed by atoms with Gasteiger partial charge in [0, 0.05) is 47.0 Å². The topological polar surface area (TPSA) is 111 Å². The van der Waals surface area contributed by atoms with Crippen molar-refractivity contribution >= 4 is 45.5 Å². The van der Waals surface area contributed by atoms with E-state index in [2.05, 4.69) is 21.5 Å². The molecule has 3 aromatic heterocycles. The highest BCUT2D eigenvalue weighted by Gasteiger charge is 2.22. The molecule has 238 valence electrons. The second-order valence-corrected chi connectivity index (χ2v) is 12.2. The quantitative estimate of drug-likeness (QED) is 0.206. The van der Waals surface area contributed by atoms with Crippen LogP contribution in [0.3, 0.4) is 0 Å². The number of aromatic nitrogens is 4. The minimum absolute atomic E-state index is 0.186. The molecule has 0 saturated carbocycles. The highest BCUT2D eigenvalue weighted by atomic mass is 35.5. The molecular formula is C35H35Cl2N5O4. The Hall–Kier alpha value is -4.02. The molecule has 46 heavy (non-hydrogen) atoms. The van der Waals surface area contributed by atoms with Crippen LogP contribution in [-0.2, 0) is 24.6 Å². The predicted octanol–water partition coefficient (Wildman–Crippen LogP) is 7.07. The molecule has 0 bridgehead atoms. The Morgan fingerprint density at radius 3 is 2.50 bits per heavy atom. The van der Waals surface area contributed by atoms with Crippen LogP contribution in [0, 0.1) is 6.92 Å². The Morgan fingerprint density at radius 2 is 1.78 bits per heavy atom. The molecule has 0 radical (unpaired) electrons. The lowest BCUT2D eigenvalue weighted by Gasteiger charge is -2.16. The average molecular weight is 661 g/mol. The van der Waals surface area contributed by atoms with Crippen molar-refractivity contribution in [1.82, 2.24) is 19.7 Å². The third-order valence-electron chi connectivity index (χ3n) is 8.25. The zero-order chi connectivity index (χ0) is 32.4. The van der Waals surface area contributed by atoms with Crippen LogP contribution in [0.15, 0.2) is 59.5 Å². The molecule has 1 aliphatic heterocycles. The monoisotopic (exact) mass is 659 g/mol. The van der Waals surface area contributed by atoms with Crippen molar-refractivity contribution in [2.75, 3.05) is 25.6 Å². The summed E-state index contributed by atoms with van der Waals surface area (Å²) < 4.78 is 11.8. The van der Waals surface area contributed by atoms with E-state index < -0.39 is 0 Å². The number of halogens is 2. The number of nitrogens with one attached hydrogen (secondary N) is 1. The third-order valence-corrected chi connectivity index (χ3v) is 9.07. The second-order valence-electron chi connectivity index (χ2n) is 11.5. The van der Waals surface area contributed by atoms with Crippen molar-refractivity contribution < 1.29 is 14.6 Å². The van der Waals surface area contributed by atoms with Gasteiger partial charge in [-0.05, 0) is 62.8 Å². The van der Waals surface area contributed by atoms with Crippen molar-refractivity contribution in [3.63, 3.8) is 0 Å². The Bertz CT molecular complexity index is 1970. The molecule has 1 unspecified atom stereocenters. The van der Waals surface area contributed by atoms with Crippen LogP contribution in [0.1, 0.15) is 36.1 Å². The lowest BCUT2D eigenvalue weighted by molar-refractivity contribution is -0.00535. The van der Waals surface area contributed by atoms with Crippen molar-refractivity contribution in [3.05, 3.63) is 91.9 Å². The number of fused-ring (bicyclic) bond motifs is 2. The van der Waals surface area contributed by atoms with E-state index in [1.807, 2.05) is 49.4 Å². The first-order valence-corrected chi connectivity index (χ1v) is 16.0. The van der Waals surface area contributed by atoms with Crippen LogP contribution < -0.4 is 15.6 Å². The molecule has 2 aliphatic rings. The zero-order valence-corrected chi connectivity index (χ0v) is 27.5. The van der Waals surface area contributed by atoms with Gasteiger partial charge in [-0.25, -0.2) is 14.6 Å². The summed E-state index contributed by atoms with van der Waals surface area (Å²) in [4.78, 5) is 22.3. The molecule has 5 aromatic rings. The van der Waals surface area contributed by atoms with Crippen molar-refractivity contribution in [1.29, 1.82) is 0 Å². The van der Waals surface area contributed by atoms with Crippen LogP contribution in [0.2, 0.25) is 10.0 Å². The summed E-state index contributed by atoms with van der Waals surface area (Å²) in [6.45, 7) is 3.24. The Labute approximate surface area is 277 Å². The molecule has 0 spiro atoms. The number of hydrogen-bond donors (Lipinski definition) is 2. The number of methoxy groups -OCH3 is 1. The fourth-order valence-corrected chi connectivity index (χ4v) is 6.56. The van der Waals surface area contributed by atoms with Crippen LogP contribution in [0.4, 0.5) is 11.5 Å². The van der Waals surface area contributed by atoms with E-state index >= 15 is 0 Å². The van der Waals surface area contributed by atoms with Gasteiger partial charge in [0.05, 0.1) is 52.8 Å². The van der Waals surface area contributed by atoms with Crippen LogP contribution in [0.25, 0.3) is 33.2 Å². The molecule has 2 aromatic carbocycles. The van der Waals surface area contributed by atoms with E-state index in [1.54, 1.807) is 20.4 Å². The average Bonchev–Trinajstić information content (AvgIpc) is 3.53. The molecule has 11 heteroatoms. The first kappa shape index (κ1) is 31.9. The maximum Gasteiger partial charge on any atom is 0.278 e. The van der Waals surface area contributed by atoms with E-state index in [0.29, 0.717) is 44.8 Å². The van der Waals surface area contributed by atoms with Gasteiger partial charge in [-0.2, -0.15) is 5.10 Å². The van der Waals surface area contributed by atoms with E-state index in [9.17, 15) is 4.79 Å². The van der Waals surface area contributed by atoms with Crippen LogP contribution in [-0.4, -0.2) is 51.3 Å². The van der Waals surface area contributed by atoms with E-state index in [1.165, 1.54) is 15.8 Å². The lowest BCUT2D eigenvalue weighted by atomic mass is 9.99. The summed E-state index contributed by atoms with van der Waals surface area (Å²) >= 11 is 14.0. The van der Waals surface area contributed by atoms with Crippen LogP contribution in [0.5, 0.6) is 5.88 Å².